The van der Waals surface area contributed by atoms with Crippen LogP contribution < -0.4 is 10.5 Å². The topological polar surface area (TPSA) is 72.2 Å². The van der Waals surface area contributed by atoms with Crippen LogP contribution >= 0.6 is 23.8 Å². The summed E-state index contributed by atoms with van der Waals surface area (Å²) in [4.78, 5) is -0.658. The summed E-state index contributed by atoms with van der Waals surface area (Å²) in [6, 6.07) is 9.71. The highest BCUT2D eigenvalue weighted by molar-refractivity contribution is 7.93. The molecule has 2 rings (SSSR count). The summed E-state index contributed by atoms with van der Waals surface area (Å²) in [5, 5.41) is 0.365. The summed E-state index contributed by atoms with van der Waals surface area (Å²) in [5.41, 5.74) is 5.34. The van der Waals surface area contributed by atoms with E-state index in [4.69, 9.17) is 29.6 Å². The minimum atomic E-state index is -4.04. The first-order chi connectivity index (χ1) is 9.81. The molecule has 0 aromatic heterocycles. The van der Waals surface area contributed by atoms with Crippen LogP contribution in [0.15, 0.2) is 47.4 Å². The summed E-state index contributed by atoms with van der Waals surface area (Å²) in [5.74, 6) is -0.795. The number of hydrogen-bond acceptors (Lipinski definition) is 3. The van der Waals surface area contributed by atoms with E-state index < -0.39 is 15.8 Å². The fourth-order valence-electron chi connectivity index (χ4n) is 1.73. The Morgan fingerprint density at radius 1 is 1.24 bits per heavy atom. The molecule has 0 saturated heterocycles. The van der Waals surface area contributed by atoms with Crippen LogP contribution in [-0.2, 0) is 10.0 Å². The largest absolute Gasteiger partial charge is 0.389 e. The highest BCUT2D eigenvalue weighted by Gasteiger charge is 2.22. The number of nitrogens with two attached hydrogens (primary N) is 1. The highest BCUT2D eigenvalue weighted by atomic mass is 35.5. The van der Waals surface area contributed by atoms with Crippen molar-refractivity contribution in [1.29, 1.82) is 0 Å². The summed E-state index contributed by atoms with van der Waals surface area (Å²) >= 11 is 10.5. The van der Waals surface area contributed by atoms with E-state index in [2.05, 4.69) is 4.72 Å². The van der Waals surface area contributed by atoms with E-state index in [1.165, 1.54) is 24.3 Å². The zero-order valence-electron chi connectivity index (χ0n) is 10.5. The van der Waals surface area contributed by atoms with Gasteiger partial charge in [-0.3, -0.25) is 4.72 Å². The Bertz CT molecular complexity index is 810. The van der Waals surface area contributed by atoms with Gasteiger partial charge in [-0.1, -0.05) is 36.0 Å². The average Bonchev–Trinajstić information content (AvgIpc) is 2.37. The van der Waals surface area contributed by atoms with Crippen molar-refractivity contribution >= 4 is 44.5 Å². The molecule has 0 aliphatic rings. The van der Waals surface area contributed by atoms with E-state index in [0.717, 1.165) is 6.07 Å². The molecule has 0 aliphatic heterocycles. The van der Waals surface area contributed by atoms with Crippen molar-refractivity contribution in [3.05, 3.63) is 58.9 Å². The Labute approximate surface area is 131 Å². The van der Waals surface area contributed by atoms with Gasteiger partial charge in [0.2, 0.25) is 0 Å². The summed E-state index contributed by atoms with van der Waals surface area (Å²) in [7, 11) is -4.04. The lowest BCUT2D eigenvalue weighted by Gasteiger charge is -2.12. The molecule has 0 fully saturated rings. The average molecular weight is 345 g/mol. The first kappa shape index (κ1) is 15.7. The third kappa shape index (κ3) is 3.49. The molecule has 2 aromatic rings. The minimum absolute atomic E-state index is 0.251. The third-order valence-electron chi connectivity index (χ3n) is 2.59. The van der Waals surface area contributed by atoms with Crippen molar-refractivity contribution in [3.8, 4) is 0 Å². The van der Waals surface area contributed by atoms with E-state index in [-0.39, 0.29) is 21.1 Å². The van der Waals surface area contributed by atoms with Crippen LogP contribution in [0.4, 0.5) is 10.1 Å². The van der Waals surface area contributed by atoms with Gasteiger partial charge >= 0.3 is 0 Å². The third-order valence-corrected chi connectivity index (χ3v) is 4.45. The quantitative estimate of drug-likeness (QED) is 0.836. The number of halogens is 2. The maximum atomic E-state index is 13.8. The molecule has 8 heteroatoms. The van der Waals surface area contributed by atoms with Crippen molar-refractivity contribution in [2.24, 2.45) is 5.73 Å². The van der Waals surface area contributed by atoms with E-state index in [0.29, 0.717) is 5.02 Å². The Kier molecular flexibility index (Phi) is 4.46. The van der Waals surface area contributed by atoms with Crippen molar-refractivity contribution in [2.45, 2.75) is 4.90 Å². The van der Waals surface area contributed by atoms with Crippen molar-refractivity contribution in [3.63, 3.8) is 0 Å². The Morgan fingerprint density at radius 2 is 1.90 bits per heavy atom. The van der Waals surface area contributed by atoms with Gasteiger partial charge in [-0.15, -0.1) is 0 Å². The second-order valence-corrected chi connectivity index (χ2v) is 6.62. The molecule has 0 heterocycles. The first-order valence-electron chi connectivity index (χ1n) is 5.68. The molecule has 21 heavy (non-hydrogen) atoms. The molecule has 0 spiro atoms. The lowest BCUT2D eigenvalue weighted by atomic mass is 10.2. The highest BCUT2D eigenvalue weighted by Crippen LogP contribution is 2.23. The molecular weight excluding hydrogens is 335 g/mol. The predicted octanol–water partition coefficient (Wildman–Crippen LogP) is 2.91. The van der Waals surface area contributed by atoms with Gasteiger partial charge in [-0.05, 0) is 30.3 Å². The second-order valence-electron chi connectivity index (χ2n) is 4.09. The zero-order valence-corrected chi connectivity index (χ0v) is 12.9. The van der Waals surface area contributed by atoms with Crippen LogP contribution in [0, 0.1) is 5.82 Å². The molecule has 110 valence electrons. The lowest BCUT2D eigenvalue weighted by molar-refractivity contribution is 0.594. The summed E-state index contributed by atoms with van der Waals surface area (Å²) < 4.78 is 40.8. The Balaban J connectivity index is 2.50. The molecule has 0 atom stereocenters. The van der Waals surface area contributed by atoms with Crippen LogP contribution in [0.25, 0.3) is 0 Å². The van der Waals surface area contributed by atoms with E-state index in [1.54, 1.807) is 12.1 Å². The molecule has 0 radical (unpaired) electrons. The van der Waals surface area contributed by atoms with Gasteiger partial charge in [-0.25, -0.2) is 12.8 Å². The molecule has 4 nitrogen and oxygen atoms in total. The number of nitrogens with one attached hydrogen (secondary N) is 1. The van der Waals surface area contributed by atoms with Crippen LogP contribution in [0.1, 0.15) is 5.56 Å². The van der Waals surface area contributed by atoms with E-state index >= 15 is 0 Å². The van der Waals surface area contributed by atoms with Gasteiger partial charge in [-0.2, -0.15) is 0 Å². The number of sulfonamides is 1. The smallest absolute Gasteiger partial charge is 0.262 e. The van der Waals surface area contributed by atoms with Gasteiger partial charge < -0.3 is 5.73 Å². The molecule has 0 unspecified atom stereocenters. The lowest BCUT2D eigenvalue weighted by Crippen LogP contribution is -2.21. The summed E-state index contributed by atoms with van der Waals surface area (Å²) in [6.07, 6.45) is 0. The molecule has 0 saturated carbocycles. The van der Waals surface area contributed by atoms with Crippen LogP contribution in [0.3, 0.4) is 0 Å². The van der Waals surface area contributed by atoms with Gasteiger partial charge in [0.1, 0.15) is 15.7 Å². The van der Waals surface area contributed by atoms with Crippen molar-refractivity contribution < 1.29 is 12.8 Å². The standard InChI is InChI=1S/C13H10ClFN2O2S2/c14-8-3-1-4-9(7-8)17-21(18,19)11-6-2-5-10(15)12(11)13(16)20/h1-7,17H,(H2,16,20). The molecule has 2 aromatic carbocycles. The first-order valence-corrected chi connectivity index (χ1v) is 7.95. The van der Waals surface area contributed by atoms with Crippen LogP contribution in [0.2, 0.25) is 5.02 Å². The maximum absolute atomic E-state index is 13.8. The second kappa shape index (κ2) is 5.97. The van der Waals surface area contributed by atoms with Crippen LogP contribution in [-0.4, -0.2) is 13.4 Å². The number of rotatable bonds is 4. The fraction of sp³-hybridized carbons (Fsp3) is 0. The van der Waals surface area contributed by atoms with Crippen LogP contribution in [0.5, 0.6) is 0 Å². The number of anilines is 1. The van der Waals surface area contributed by atoms with Crippen molar-refractivity contribution in [2.75, 3.05) is 4.72 Å². The molecule has 0 bridgehead atoms. The molecular formula is C13H10ClFN2O2S2. The Hall–Kier alpha value is -1.70. The summed E-state index contributed by atoms with van der Waals surface area (Å²) in [6.45, 7) is 0. The zero-order chi connectivity index (χ0) is 15.6. The number of benzene rings is 2. The fourth-order valence-corrected chi connectivity index (χ4v) is 3.47. The number of thiocarbonyl (C=S) groups is 1. The van der Waals surface area contributed by atoms with Gasteiger partial charge in [0, 0.05) is 5.02 Å². The number of hydrogen-bond donors (Lipinski definition) is 2. The van der Waals surface area contributed by atoms with Gasteiger partial charge in [0.15, 0.2) is 0 Å². The van der Waals surface area contributed by atoms with E-state index in [9.17, 15) is 12.8 Å². The monoisotopic (exact) mass is 344 g/mol. The van der Waals surface area contributed by atoms with E-state index in [1.807, 2.05) is 0 Å². The molecule has 3 N–H and O–H groups in total. The minimum Gasteiger partial charge on any atom is -0.389 e. The van der Waals surface area contributed by atoms with Gasteiger partial charge in [0.05, 0.1) is 11.3 Å². The van der Waals surface area contributed by atoms with Gasteiger partial charge in [0.25, 0.3) is 10.0 Å². The van der Waals surface area contributed by atoms with Crippen molar-refractivity contribution in [1.82, 2.24) is 0 Å². The normalized spacial score (nSPS) is 11.1. The molecule has 0 aliphatic carbocycles. The Morgan fingerprint density at radius 3 is 2.52 bits per heavy atom. The maximum Gasteiger partial charge on any atom is 0.262 e. The predicted molar refractivity (Wildman–Crippen MR) is 84.5 cm³/mol. The SMILES string of the molecule is NC(=S)c1c(F)cccc1S(=O)(=O)Nc1cccc(Cl)c1. The molecule has 0 amide bonds.